The lowest BCUT2D eigenvalue weighted by atomic mass is 10.2. The summed E-state index contributed by atoms with van der Waals surface area (Å²) in [7, 11) is 0. The van der Waals surface area contributed by atoms with E-state index < -0.39 is 17.5 Å². The first-order valence-electron chi connectivity index (χ1n) is 4.89. The fourth-order valence-electron chi connectivity index (χ4n) is 1.23. The van der Waals surface area contributed by atoms with Crippen LogP contribution in [0, 0.1) is 17.5 Å². The molecule has 17 heavy (non-hydrogen) atoms. The summed E-state index contributed by atoms with van der Waals surface area (Å²) in [5.74, 6) is -3.19. The summed E-state index contributed by atoms with van der Waals surface area (Å²) in [6.07, 6.45) is 0.733. The van der Waals surface area contributed by atoms with Gasteiger partial charge in [0.05, 0.1) is 5.69 Å². The Morgan fingerprint density at radius 3 is 2.71 bits per heavy atom. The second-order valence-corrected chi connectivity index (χ2v) is 3.37. The van der Waals surface area contributed by atoms with Crippen molar-refractivity contribution in [3.05, 3.63) is 29.6 Å². The van der Waals surface area contributed by atoms with E-state index in [2.05, 4.69) is 10.5 Å². The highest BCUT2D eigenvalue weighted by atomic mass is 19.2. The minimum Gasteiger partial charge on any atom is -0.409 e. The summed E-state index contributed by atoms with van der Waals surface area (Å²) >= 11 is 0. The van der Waals surface area contributed by atoms with Crippen LogP contribution < -0.4 is 11.1 Å². The first-order valence-corrected chi connectivity index (χ1v) is 4.89. The van der Waals surface area contributed by atoms with Gasteiger partial charge in [0, 0.05) is 25.1 Å². The Morgan fingerprint density at radius 2 is 2.06 bits per heavy atom. The monoisotopic (exact) mass is 247 g/mol. The molecule has 0 aliphatic heterocycles. The largest absolute Gasteiger partial charge is 0.409 e. The maximum absolute atomic E-state index is 13.1. The molecule has 0 aliphatic carbocycles. The maximum atomic E-state index is 13.1. The van der Waals surface area contributed by atoms with Gasteiger partial charge in [0.1, 0.15) is 11.7 Å². The van der Waals surface area contributed by atoms with Crippen molar-refractivity contribution in [1.29, 1.82) is 0 Å². The number of anilines is 1. The van der Waals surface area contributed by atoms with Crippen LogP contribution in [0.1, 0.15) is 12.8 Å². The Balaban J connectivity index is 2.52. The molecule has 0 unspecified atom stereocenters. The number of nitrogens with zero attached hydrogens (tertiary/aromatic N) is 1. The van der Waals surface area contributed by atoms with Crippen LogP contribution in [0.3, 0.4) is 0 Å². The van der Waals surface area contributed by atoms with Crippen molar-refractivity contribution < 1.29 is 18.4 Å². The van der Waals surface area contributed by atoms with E-state index in [0.29, 0.717) is 18.9 Å². The quantitative estimate of drug-likeness (QED) is 0.186. The third kappa shape index (κ3) is 3.86. The van der Waals surface area contributed by atoms with Crippen molar-refractivity contribution in [3.8, 4) is 0 Å². The van der Waals surface area contributed by atoms with Crippen LogP contribution in [-0.4, -0.2) is 17.6 Å². The number of rotatable bonds is 5. The lowest BCUT2D eigenvalue weighted by Gasteiger charge is -2.07. The van der Waals surface area contributed by atoms with Gasteiger partial charge in [-0.1, -0.05) is 5.16 Å². The summed E-state index contributed by atoms with van der Waals surface area (Å²) < 4.78 is 38.7. The summed E-state index contributed by atoms with van der Waals surface area (Å²) in [5, 5.41) is 13.5. The second kappa shape index (κ2) is 5.97. The Labute approximate surface area is 95.9 Å². The van der Waals surface area contributed by atoms with Gasteiger partial charge < -0.3 is 16.3 Å². The number of oxime groups is 1. The van der Waals surface area contributed by atoms with Gasteiger partial charge in [-0.05, 0) is 6.42 Å². The smallest absolute Gasteiger partial charge is 0.182 e. The minimum absolute atomic E-state index is 0.0395. The van der Waals surface area contributed by atoms with Crippen LogP contribution in [0.2, 0.25) is 0 Å². The Bertz CT molecular complexity index is 424. The lowest BCUT2D eigenvalue weighted by Crippen LogP contribution is -2.14. The van der Waals surface area contributed by atoms with E-state index in [-0.39, 0.29) is 18.1 Å². The van der Waals surface area contributed by atoms with Gasteiger partial charge in [-0.25, -0.2) is 13.2 Å². The highest BCUT2D eigenvalue weighted by Crippen LogP contribution is 2.18. The predicted octanol–water partition coefficient (Wildman–Crippen LogP) is 2.04. The molecule has 0 aromatic heterocycles. The normalized spacial score (nSPS) is 11.6. The van der Waals surface area contributed by atoms with E-state index in [1.165, 1.54) is 0 Å². The van der Waals surface area contributed by atoms with Crippen molar-refractivity contribution in [2.24, 2.45) is 10.9 Å². The molecule has 0 aliphatic rings. The maximum Gasteiger partial charge on any atom is 0.182 e. The number of halogens is 3. The molecule has 0 atom stereocenters. The molecule has 94 valence electrons. The van der Waals surface area contributed by atoms with Crippen LogP contribution in [-0.2, 0) is 0 Å². The van der Waals surface area contributed by atoms with Gasteiger partial charge in [-0.3, -0.25) is 0 Å². The molecule has 0 bridgehead atoms. The Hall–Kier alpha value is -1.92. The summed E-state index contributed by atoms with van der Waals surface area (Å²) in [6, 6.07) is 1.33. The molecule has 0 fully saturated rings. The van der Waals surface area contributed by atoms with E-state index in [0.717, 1.165) is 6.07 Å². The van der Waals surface area contributed by atoms with Gasteiger partial charge in [0.25, 0.3) is 0 Å². The van der Waals surface area contributed by atoms with Gasteiger partial charge in [0.2, 0.25) is 0 Å². The first kappa shape index (κ1) is 13.1. The molecule has 1 aromatic carbocycles. The topological polar surface area (TPSA) is 70.6 Å². The van der Waals surface area contributed by atoms with E-state index >= 15 is 0 Å². The van der Waals surface area contributed by atoms with E-state index in [1.54, 1.807) is 0 Å². The molecule has 0 radical (unpaired) electrons. The van der Waals surface area contributed by atoms with Gasteiger partial charge in [0.15, 0.2) is 11.6 Å². The highest BCUT2D eigenvalue weighted by molar-refractivity contribution is 5.79. The highest BCUT2D eigenvalue weighted by Gasteiger charge is 2.10. The Kier molecular flexibility index (Phi) is 4.62. The van der Waals surface area contributed by atoms with Crippen molar-refractivity contribution in [2.75, 3.05) is 11.9 Å². The second-order valence-electron chi connectivity index (χ2n) is 3.37. The fourth-order valence-corrected chi connectivity index (χ4v) is 1.23. The molecule has 4 nitrogen and oxygen atoms in total. The van der Waals surface area contributed by atoms with Gasteiger partial charge >= 0.3 is 0 Å². The summed E-state index contributed by atoms with van der Waals surface area (Å²) in [5.41, 5.74) is 4.96. The van der Waals surface area contributed by atoms with Crippen LogP contribution in [0.25, 0.3) is 0 Å². The molecule has 1 aromatic rings. The van der Waals surface area contributed by atoms with Crippen molar-refractivity contribution in [1.82, 2.24) is 0 Å². The molecular weight excluding hydrogens is 235 g/mol. The van der Waals surface area contributed by atoms with Crippen LogP contribution in [0.4, 0.5) is 18.9 Å². The van der Waals surface area contributed by atoms with Crippen LogP contribution in [0.15, 0.2) is 17.3 Å². The number of nitrogens with two attached hydrogens (primary N) is 1. The zero-order valence-electron chi connectivity index (χ0n) is 8.88. The molecule has 1 rings (SSSR count). The molecule has 0 heterocycles. The molecule has 0 saturated heterocycles. The Morgan fingerprint density at radius 1 is 1.35 bits per heavy atom. The zero-order chi connectivity index (χ0) is 12.8. The average Bonchev–Trinajstić information content (AvgIpc) is 2.30. The summed E-state index contributed by atoms with van der Waals surface area (Å²) in [4.78, 5) is 0. The predicted molar refractivity (Wildman–Crippen MR) is 57.4 cm³/mol. The van der Waals surface area contributed by atoms with E-state index in [4.69, 9.17) is 10.9 Å². The molecule has 0 amide bonds. The van der Waals surface area contributed by atoms with Gasteiger partial charge in [-0.2, -0.15) is 0 Å². The number of nitrogens with one attached hydrogen (secondary N) is 1. The fraction of sp³-hybridized carbons (Fsp3) is 0.300. The number of benzene rings is 1. The number of hydrogen-bond donors (Lipinski definition) is 3. The minimum atomic E-state index is -1.25. The first-order chi connectivity index (χ1) is 8.04. The molecule has 0 spiro atoms. The summed E-state index contributed by atoms with van der Waals surface area (Å²) in [6.45, 7) is 0.246. The van der Waals surface area contributed by atoms with E-state index in [9.17, 15) is 13.2 Å². The van der Waals surface area contributed by atoms with Crippen LogP contribution >= 0.6 is 0 Å². The third-order valence-electron chi connectivity index (χ3n) is 2.05. The van der Waals surface area contributed by atoms with Gasteiger partial charge in [-0.15, -0.1) is 0 Å². The average molecular weight is 247 g/mol. The lowest BCUT2D eigenvalue weighted by molar-refractivity contribution is 0.316. The number of amidine groups is 1. The van der Waals surface area contributed by atoms with Crippen molar-refractivity contribution >= 4 is 11.5 Å². The van der Waals surface area contributed by atoms with E-state index in [1.807, 2.05) is 0 Å². The van der Waals surface area contributed by atoms with Crippen LogP contribution in [0.5, 0.6) is 0 Å². The molecule has 4 N–H and O–H groups in total. The van der Waals surface area contributed by atoms with Crippen molar-refractivity contribution in [2.45, 2.75) is 12.8 Å². The number of hydrogen-bond acceptors (Lipinski definition) is 3. The van der Waals surface area contributed by atoms with Crippen molar-refractivity contribution in [3.63, 3.8) is 0 Å². The molecule has 0 saturated carbocycles. The molecular formula is C10H12F3N3O. The molecule has 7 heteroatoms. The third-order valence-corrected chi connectivity index (χ3v) is 2.05. The SMILES string of the molecule is NC(CCCNc1cc(F)cc(F)c1F)=NO. The zero-order valence-corrected chi connectivity index (χ0v) is 8.88. The standard InChI is InChI=1S/C10H12F3N3O/c11-6-4-7(12)10(13)8(5-6)15-3-1-2-9(14)16-17/h4-5,15,17H,1-3H2,(H2,14,16).